The van der Waals surface area contributed by atoms with Gasteiger partial charge in [-0.15, -0.1) is 0 Å². The highest BCUT2D eigenvalue weighted by Gasteiger charge is 2.32. The van der Waals surface area contributed by atoms with E-state index in [0.717, 1.165) is 11.1 Å². The summed E-state index contributed by atoms with van der Waals surface area (Å²) in [5, 5.41) is 0.695. The van der Waals surface area contributed by atoms with Crippen molar-refractivity contribution in [3.63, 3.8) is 0 Å². The van der Waals surface area contributed by atoms with Crippen molar-refractivity contribution < 1.29 is 14.2 Å². The van der Waals surface area contributed by atoms with Crippen LogP contribution in [0.2, 0.25) is 5.02 Å². The van der Waals surface area contributed by atoms with Crippen LogP contribution in [0.15, 0.2) is 54.6 Å². The minimum atomic E-state index is -0.172. The van der Waals surface area contributed by atoms with E-state index < -0.39 is 0 Å². The Kier molecular flexibility index (Phi) is 4.88. The molecule has 1 aliphatic rings. The highest BCUT2D eigenvalue weighted by Crippen LogP contribution is 2.33. The van der Waals surface area contributed by atoms with Crippen LogP contribution in [0.4, 0.5) is 0 Å². The van der Waals surface area contributed by atoms with Gasteiger partial charge in [-0.05, 0) is 11.6 Å². The van der Waals surface area contributed by atoms with Crippen LogP contribution < -0.4 is 0 Å². The summed E-state index contributed by atoms with van der Waals surface area (Å²) in [5.41, 5.74) is 2.09. The van der Waals surface area contributed by atoms with E-state index in [1.165, 1.54) is 0 Å². The molecule has 0 bridgehead atoms. The van der Waals surface area contributed by atoms with E-state index >= 15 is 0 Å². The summed E-state index contributed by atoms with van der Waals surface area (Å²) < 4.78 is 17.0. The highest BCUT2D eigenvalue weighted by atomic mass is 35.5. The molecule has 0 amide bonds. The molecule has 0 aromatic heterocycles. The summed E-state index contributed by atoms with van der Waals surface area (Å²) in [6, 6.07) is 17.8. The molecule has 21 heavy (non-hydrogen) atoms. The zero-order valence-corrected chi connectivity index (χ0v) is 12.3. The Balaban J connectivity index is 1.59. The van der Waals surface area contributed by atoms with Gasteiger partial charge in [-0.2, -0.15) is 0 Å². The van der Waals surface area contributed by atoms with Crippen molar-refractivity contribution >= 4 is 11.6 Å². The van der Waals surface area contributed by atoms with E-state index in [2.05, 4.69) is 0 Å². The van der Waals surface area contributed by atoms with Crippen molar-refractivity contribution in [3.05, 3.63) is 70.7 Å². The quantitative estimate of drug-likeness (QED) is 0.836. The smallest absolute Gasteiger partial charge is 0.148 e. The third-order valence-electron chi connectivity index (χ3n) is 3.47. The van der Waals surface area contributed by atoms with Crippen molar-refractivity contribution in [1.29, 1.82) is 0 Å². The Morgan fingerprint density at radius 2 is 1.76 bits per heavy atom. The molecule has 0 aliphatic carbocycles. The minimum Gasteiger partial charge on any atom is -0.374 e. The van der Waals surface area contributed by atoms with Crippen LogP contribution in [0.3, 0.4) is 0 Å². The lowest BCUT2D eigenvalue weighted by Crippen LogP contribution is -2.21. The molecule has 2 aromatic carbocycles. The van der Waals surface area contributed by atoms with Crippen molar-refractivity contribution in [2.75, 3.05) is 13.4 Å². The molecule has 1 saturated heterocycles. The van der Waals surface area contributed by atoms with Crippen LogP contribution >= 0.6 is 11.6 Å². The summed E-state index contributed by atoms with van der Waals surface area (Å²) >= 11 is 6.22. The van der Waals surface area contributed by atoms with Gasteiger partial charge in [0.2, 0.25) is 0 Å². The molecule has 1 fully saturated rings. The van der Waals surface area contributed by atoms with Crippen molar-refractivity contribution in [3.8, 4) is 0 Å². The number of benzene rings is 2. The molecule has 3 nitrogen and oxygen atoms in total. The van der Waals surface area contributed by atoms with E-state index in [9.17, 15) is 0 Å². The minimum absolute atomic E-state index is 0.131. The molecular weight excluding hydrogens is 288 g/mol. The first-order valence-electron chi connectivity index (χ1n) is 6.94. The van der Waals surface area contributed by atoms with Crippen molar-refractivity contribution in [1.82, 2.24) is 0 Å². The summed E-state index contributed by atoms with van der Waals surface area (Å²) in [7, 11) is 0. The fraction of sp³-hybridized carbons (Fsp3) is 0.294. The maximum absolute atomic E-state index is 6.22. The first-order valence-corrected chi connectivity index (χ1v) is 7.31. The summed E-state index contributed by atoms with van der Waals surface area (Å²) in [6.45, 7) is 1.32. The van der Waals surface area contributed by atoms with Crippen molar-refractivity contribution in [2.24, 2.45) is 0 Å². The largest absolute Gasteiger partial charge is 0.374 e. The Bertz CT molecular complexity index is 573. The maximum atomic E-state index is 6.22. The molecule has 0 N–H and O–H groups in total. The van der Waals surface area contributed by atoms with Gasteiger partial charge in [-0.1, -0.05) is 60.1 Å². The third kappa shape index (κ3) is 3.63. The van der Waals surface area contributed by atoms with Gasteiger partial charge in [0.15, 0.2) is 0 Å². The zero-order chi connectivity index (χ0) is 14.5. The lowest BCUT2D eigenvalue weighted by molar-refractivity contribution is -0.000122. The third-order valence-corrected chi connectivity index (χ3v) is 3.82. The van der Waals surface area contributed by atoms with Crippen molar-refractivity contribution in [2.45, 2.75) is 18.8 Å². The lowest BCUT2D eigenvalue weighted by Gasteiger charge is -2.18. The van der Waals surface area contributed by atoms with Gasteiger partial charge in [0.1, 0.15) is 19.0 Å². The SMILES string of the molecule is Clc1ccccc1[C@H]1OCO[C@H]1COCc1ccccc1. The van der Waals surface area contributed by atoms with Crippen LogP contribution in [0.25, 0.3) is 0 Å². The zero-order valence-electron chi connectivity index (χ0n) is 11.6. The maximum Gasteiger partial charge on any atom is 0.148 e. The molecule has 1 aliphatic heterocycles. The van der Waals surface area contributed by atoms with E-state index in [-0.39, 0.29) is 19.0 Å². The van der Waals surface area contributed by atoms with Gasteiger partial charge in [-0.3, -0.25) is 0 Å². The standard InChI is InChI=1S/C17H17ClO3/c18-15-9-5-4-8-14(15)17-16(20-12-21-17)11-19-10-13-6-2-1-3-7-13/h1-9,16-17H,10-12H2/t16-,17+/m0/s1. The van der Waals surface area contributed by atoms with E-state index in [4.69, 9.17) is 25.8 Å². The second kappa shape index (κ2) is 7.05. The molecule has 4 heteroatoms. The van der Waals surface area contributed by atoms with Gasteiger partial charge in [0, 0.05) is 10.6 Å². The molecule has 0 unspecified atom stereocenters. The van der Waals surface area contributed by atoms with Crippen LogP contribution in [0.1, 0.15) is 17.2 Å². The Morgan fingerprint density at radius 3 is 2.57 bits per heavy atom. The molecule has 1 heterocycles. The number of rotatable bonds is 5. The predicted octanol–water partition coefficient (Wildman–Crippen LogP) is 3.97. The average Bonchev–Trinajstić information content (AvgIpc) is 2.97. The number of ether oxygens (including phenoxy) is 3. The molecule has 0 spiro atoms. The van der Waals surface area contributed by atoms with Crippen LogP contribution in [-0.2, 0) is 20.8 Å². The average molecular weight is 305 g/mol. The van der Waals surface area contributed by atoms with Gasteiger partial charge in [0.25, 0.3) is 0 Å². The van der Waals surface area contributed by atoms with Crippen LogP contribution in [-0.4, -0.2) is 19.5 Å². The number of hydrogen-bond acceptors (Lipinski definition) is 3. The Morgan fingerprint density at radius 1 is 1.00 bits per heavy atom. The Hall–Kier alpha value is -1.39. The number of halogens is 1. The fourth-order valence-corrected chi connectivity index (χ4v) is 2.64. The van der Waals surface area contributed by atoms with Gasteiger partial charge >= 0.3 is 0 Å². The summed E-state index contributed by atoms with van der Waals surface area (Å²) in [4.78, 5) is 0. The Labute approximate surface area is 129 Å². The predicted molar refractivity (Wildman–Crippen MR) is 81.1 cm³/mol. The monoisotopic (exact) mass is 304 g/mol. The molecule has 2 atom stereocenters. The topological polar surface area (TPSA) is 27.7 Å². The lowest BCUT2D eigenvalue weighted by atomic mass is 10.1. The van der Waals surface area contributed by atoms with Crippen LogP contribution in [0, 0.1) is 0 Å². The van der Waals surface area contributed by atoms with Gasteiger partial charge < -0.3 is 14.2 Å². The molecule has 3 rings (SSSR count). The van der Waals surface area contributed by atoms with Crippen LogP contribution in [0.5, 0.6) is 0 Å². The van der Waals surface area contributed by atoms with E-state index in [0.29, 0.717) is 18.2 Å². The second-order valence-corrected chi connectivity index (χ2v) is 5.34. The van der Waals surface area contributed by atoms with Gasteiger partial charge in [-0.25, -0.2) is 0 Å². The molecule has 0 radical (unpaired) electrons. The van der Waals surface area contributed by atoms with Gasteiger partial charge in [0.05, 0.1) is 13.2 Å². The molecular formula is C17H17ClO3. The first-order chi connectivity index (χ1) is 10.3. The second-order valence-electron chi connectivity index (χ2n) is 4.93. The molecule has 2 aromatic rings. The fourth-order valence-electron chi connectivity index (χ4n) is 2.39. The van der Waals surface area contributed by atoms with E-state index in [1.54, 1.807) is 0 Å². The first kappa shape index (κ1) is 14.5. The molecule has 110 valence electrons. The molecule has 0 saturated carbocycles. The summed E-state index contributed by atoms with van der Waals surface area (Å²) in [5.74, 6) is 0. The number of hydrogen-bond donors (Lipinski definition) is 0. The normalized spacial score (nSPS) is 21.6. The highest BCUT2D eigenvalue weighted by molar-refractivity contribution is 6.31. The van der Waals surface area contributed by atoms with E-state index in [1.807, 2.05) is 54.6 Å². The summed E-state index contributed by atoms with van der Waals surface area (Å²) in [6.07, 6.45) is -0.303.